The summed E-state index contributed by atoms with van der Waals surface area (Å²) in [4.78, 5) is 4.31. The fraction of sp³-hybridized carbons (Fsp3) is 0.231. The molecule has 1 aromatic rings. The summed E-state index contributed by atoms with van der Waals surface area (Å²) in [5, 5.41) is 13.4. The standard InChI is InChI=1S/C13H19N7O/c1-21-11-3-9(16)7(4-14)2-10(11)20-13-8(5-15)12(17)18-6-19-13/h2-4,14,18H,5-6,15-17H2,1H3,(H,19,20). The summed E-state index contributed by atoms with van der Waals surface area (Å²) >= 11 is 0. The van der Waals surface area contributed by atoms with Crippen LogP contribution in [0.2, 0.25) is 0 Å². The van der Waals surface area contributed by atoms with E-state index in [4.69, 9.17) is 27.3 Å². The molecule has 1 aliphatic heterocycles. The molecule has 2 rings (SSSR count). The second-order valence-electron chi connectivity index (χ2n) is 4.39. The van der Waals surface area contributed by atoms with Gasteiger partial charge < -0.3 is 38.0 Å². The molecule has 1 aromatic carbocycles. The van der Waals surface area contributed by atoms with Crippen molar-refractivity contribution in [3.8, 4) is 5.75 Å². The van der Waals surface area contributed by atoms with E-state index in [9.17, 15) is 0 Å². The minimum absolute atomic E-state index is 0.249. The Kier molecular flexibility index (Phi) is 4.29. The Morgan fingerprint density at radius 2 is 2.24 bits per heavy atom. The van der Waals surface area contributed by atoms with Crippen LogP contribution in [-0.4, -0.2) is 32.4 Å². The molecule has 0 amide bonds. The lowest BCUT2D eigenvalue weighted by atomic mass is 10.1. The Morgan fingerprint density at radius 1 is 1.48 bits per heavy atom. The van der Waals surface area contributed by atoms with E-state index in [0.717, 1.165) is 0 Å². The van der Waals surface area contributed by atoms with Crippen molar-refractivity contribution in [3.63, 3.8) is 0 Å². The third-order valence-corrected chi connectivity index (χ3v) is 3.14. The summed E-state index contributed by atoms with van der Waals surface area (Å²) in [5.74, 6) is 1.62. The number of nitrogens with zero attached hydrogens (tertiary/aromatic N) is 1. The van der Waals surface area contributed by atoms with Crippen LogP contribution in [0.15, 0.2) is 28.5 Å². The van der Waals surface area contributed by atoms with Gasteiger partial charge in [0.15, 0.2) is 0 Å². The second kappa shape index (κ2) is 6.14. The van der Waals surface area contributed by atoms with Crippen molar-refractivity contribution in [3.05, 3.63) is 29.1 Å². The van der Waals surface area contributed by atoms with Crippen LogP contribution in [-0.2, 0) is 0 Å². The fourth-order valence-electron chi connectivity index (χ4n) is 1.99. The molecule has 8 nitrogen and oxygen atoms in total. The van der Waals surface area contributed by atoms with Gasteiger partial charge in [-0.05, 0) is 6.07 Å². The van der Waals surface area contributed by atoms with Gasteiger partial charge in [-0.25, -0.2) is 4.99 Å². The van der Waals surface area contributed by atoms with Crippen molar-refractivity contribution in [1.82, 2.24) is 5.32 Å². The van der Waals surface area contributed by atoms with Crippen LogP contribution < -0.4 is 32.6 Å². The number of nitrogens with one attached hydrogen (secondary N) is 3. The lowest BCUT2D eigenvalue weighted by Crippen LogP contribution is -2.35. The van der Waals surface area contributed by atoms with Crippen LogP contribution in [0.5, 0.6) is 5.75 Å². The number of hydrogen-bond acceptors (Lipinski definition) is 8. The second-order valence-corrected chi connectivity index (χ2v) is 4.39. The fourth-order valence-corrected chi connectivity index (χ4v) is 1.99. The Morgan fingerprint density at radius 3 is 2.86 bits per heavy atom. The van der Waals surface area contributed by atoms with Crippen LogP contribution in [0.4, 0.5) is 11.4 Å². The van der Waals surface area contributed by atoms with E-state index in [2.05, 4.69) is 15.6 Å². The Balaban J connectivity index is 2.39. The summed E-state index contributed by atoms with van der Waals surface area (Å²) in [6.45, 7) is 0.617. The van der Waals surface area contributed by atoms with Gasteiger partial charge in [-0.3, -0.25) is 0 Å². The number of amidine groups is 1. The number of benzene rings is 1. The highest BCUT2D eigenvalue weighted by molar-refractivity contribution is 6.10. The van der Waals surface area contributed by atoms with E-state index in [0.29, 0.717) is 46.6 Å². The van der Waals surface area contributed by atoms with Gasteiger partial charge in [0.2, 0.25) is 0 Å². The molecule has 112 valence electrons. The number of methoxy groups -OCH3 is 1. The van der Waals surface area contributed by atoms with Crippen molar-refractivity contribution in [2.24, 2.45) is 16.5 Å². The molecule has 0 radical (unpaired) electrons. The highest BCUT2D eigenvalue weighted by Crippen LogP contribution is 2.30. The lowest BCUT2D eigenvalue weighted by molar-refractivity contribution is 0.417. The third kappa shape index (κ3) is 2.90. The number of aliphatic imine (C=N–C) groups is 1. The number of anilines is 2. The first kappa shape index (κ1) is 14.7. The molecule has 0 aromatic heterocycles. The molecule has 1 aliphatic rings. The van der Waals surface area contributed by atoms with Crippen molar-refractivity contribution < 1.29 is 4.74 Å². The van der Waals surface area contributed by atoms with E-state index in [1.807, 2.05) is 0 Å². The van der Waals surface area contributed by atoms with Gasteiger partial charge in [0.25, 0.3) is 0 Å². The molecule has 0 saturated carbocycles. The number of ether oxygens (including phenoxy) is 1. The quantitative estimate of drug-likeness (QED) is 0.333. The van der Waals surface area contributed by atoms with Crippen molar-refractivity contribution in [1.29, 1.82) is 5.41 Å². The number of nitrogen functional groups attached to an aromatic ring is 1. The summed E-state index contributed by atoms with van der Waals surface area (Å²) in [6.07, 6.45) is 1.18. The molecular weight excluding hydrogens is 270 g/mol. The molecule has 0 bridgehead atoms. The lowest BCUT2D eigenvalue weighted by Gasteiger charge is -2.21. The smallest absolute Gasteiger partial charge is 0.144 e. The van der Waals surface area contributed by atoms with E-state index < -0.39 is 0 Å². The van der Waals surface area contributed by atoms with E-state index in [-0.39, 0.29) is 6.54 Å². The first-order chi connectivity index (χ1) is 10.1. The average Bonchev–Trinajstić information content (AvgIpc) is 2.48. The molecular formula is C13H19N7O. The first-order valence-corrected chi connectivity index (χ1v) is 6.33. The molecule has 9 N–H and O–H groups in total. The maximum Gasteiger partial charge on any atom is 0.144 e. The first-order valence-electron chi connectivity index (χ1n) is 6.33. The molecule has 0 unspecified atom stereocenters. The predicted octanol–water partition coefficient (Wildman–Crippen LogP) is -0.225. The highest BCUT2D eigenvalue weighted by Gasteiger charge is 2.17. The van der Waals surface area contributed by atoms with Gasteiger partial charge in [0.05, 0.1) is 12.8 Å². The number of nitrogens with two attached hydrogens (primary N) is 3. The van der Waals surface area contributed by atoms with Crippen LogP contribution in [0.25, 0.3) is 0 Å². The van der Waals surface area contributed by atoms with Gasteiger partial charge in [0, 0.05) is 35.6 Å². The van der Waals surface area contributed by atoms with E-state index >= 15 is 0 Å². The topological polar surface area (TPSA) is 148 Å². The Labute approximate surface area is 122 Å². The van der Waals surface area contributed by atoms with Gasteiger partial charge in [0.1, 0.15) is 24.1 Å². The largest absolute Gasteiger partial charge is 0.494 e. The summed E-state index contributed by atoms with van der Waals surface area (Å²) < 4.78 is 5.30. The van der Waals surface area contributed by atoms with Crippen molar-refractivity contribution >= 4 is 23.4 Å². The molecule has 0 fully saturated rings. The van der Waals surface area contributed by atoms with Crippen LogP contribution in [0.1, 0.15) is 5.56 Å². The zero-order chi connectivity index (χ0) is 15.4. The maximum atomic E-state index is 7.37. The SMILES string of the molecule is COc1cc(N)c(C=N)cc1NC1=NCNC(N)=C1CN. The number of hydrogen-bond donors (Lipinski definition) is 6. The van der Waals surface area contributed by atoms with Gasteiger partial charge in [-0.2, -0.15) is 0 Å². The average molecular weight is 289 g/mol. The summed E-state index contributed by atoms with van der Waals surface area (Å²) in [5.41, 5.74) is 19.8. The summed E-state index contributed by atoms with van der Waals surface area (Å²) in [6, 6.07) is 3.37. The Hall–Kier alpha value is -2.74. The van der Waals surface area contributed by atoms with Gasteiger partial charge >= 0.3 is 0 Å². The van der Waals surface area contributed by atoms with Crippen LogP contribution >= 0.6 is 0 Å². The van der Waals surface area contributed by atoms with Gasteiger partial charge in [-0.15, -0.1) is 0 Å². The van der Waals surface area contributed by atoms with Crippen LogP contribution in [0, 0.1) is 5.41 Å². The molecule has 0 spiro atoms. The van der Waals surface area contributed by atoms with Crippen molar-refractivity contribution in [2.75, 3.05) is 31.4 Å². The molecule has 21 heavy (non-hydrogen) atoms. The zero-order valence-corrected chi connectivity index (χ0v) is 11.7. The minimum Gasteiger partial charge on any atom is -0.494 e. The number of rotatable bonds is 4. The monoisotopic (exact) mass is 289 g/mol. The Bertz CT molecular complexity index is 621. The highest BCUT2D eigenvalue weighted by atomic mass is 16.5. The molecule has 0 atom stereocenters. The normalized spacial score (nSPS) is 14.3. The third-order valence-electron chi connectivity index (χ3n) is 3.14. The van der Waals surface area contributed by atoms with E-state index in [1.165, 1.54) is 6.21 Å². The van der Waals surface area contributed by atoms with Crippen LogP contribution in [0.3, 0.4) is 0 Å². The molecule has 0 saturated heterocycles. The molecule has 0 aliphatic carbocycles. The minimum atomic E-state index is 0.249. The predicted molar refractivity (Wildman–Crippen MR) is 84.6 cm³/mol. The molecule has 8 heteroatoms. The summed E-state index contributed by atoms with van der Waals surface area (Å²) in [7, 11) is 1.54. The van der Waals surface area contributed by atoms with E-state index in [1.54, 1.807) is 19.2 Å². The van der Waals surface area contributed by atoms with Gasteiger partial charge in [-0.1, -0.05) is 0 Å². The zero-order valence-electron chi connectivity index (χ0n) is 11.7. The molecule has 1 heterocycles. The van der Waals surface area contributed by atoms with Crippen molar-refractivity contribution in [2.45, 2.75) is 0 Å². The maximum absolute atomic E-state index is 7.37.